The predicted octanol–water partition coefficient (Wildman–Crippen LogP) is 1.86. The number of carboxylic acid groups (broad SMARTS) is 1. The van der Waals surface area contributed by atoms with Crippen molar-refractivity contribution in [1.29, 1.82) is 0 Å². The van der Waals surface area contributed by atoms with Gasteiger partial charge in [0.2, 0.25) is 0 Å². The maximum atomic E-state index is 10.6. The van der Waals surface area contributed by atoms with Gasteiger partial charge >= 0.3 is 5.97 Å². The lowest BCUT2D eigenvalue weighted by atomic mass is 9.84. The fraction of sp³-hybridized carbons (Fsp3) is 0.909. The van der Waals surface area contributed by atoms with E-state index in [4.69, 9.17) is 10.8 Å². The summed E-state index contributed by atoms with van der Waals surface area (Å²) in [5.74, 6) is -0.0227. The molecule has 82 valence electrons. The smallest absolute Gasteiger partial charge is 0.303 e. The van der Waals surface area contributed by atoms with Crippen molar-refractivity contribution in [3.63, 3.8) is 0 Å². The first-order chi connectivity index (χ1) is 6.44. The number of aliphatic carboxylic acids is 1. The van der Waals surface area contributed by atoms with Gasteiger partial charge in [-0.3, -0.25) is 4.79 Å². The fourth-order valence-electron chi connectivity index (χ4n) is 2.56. The van der Waals surface area contributed by atoms with Crippen LogP contribution in [0, 0.1) is 17.3 Å². The number of nitrogens with two attached hydrogens (primary N) is 1. The standard InChI is InChI=1S/C11H21NO2/c1-11(2)4-3-8(6-11)9(7-12)5-10(13)14/h8-9H,3-7,12H2,1-2H3,(H,13,14). The van der Waals surface area contributed by atoms with Crippen LogP contribution in [0.15, 0.2) is 0 Å². The minimum Gasteiger partial charge on any atom is -0.481 e. The summed E-state index contributed by atoms with van der Waals surface area (Å²) in [6, 6.07) is 0. The first kappa shape index (κ1) is 11.5. The summed E-state index contributed by atoms with van der Waals surface area (Å²) in [5.41, 5.74) is 6.01. The quantitative estimate of drug-likeness (QED) is 0.726. The van der Waals surface area contributed by atoms with E-state index in [0.717, 1.165) is 12.8 Å². The predicted molar refractivity (Wildman–Crippen MR) is 55.9 cm³/mol. The van der Waals surface area contributed by atoms with Gasteiger partial charge in [-0.2, -0.15) is 0 Å². The van der Waals surface area contributed by atoms with E-state index < -0.39 is 5.97 Å². The molecule has 3 N–H and O–H groups in total. The van der Waals surface area contributed by atoms with Crippen LogP contribution >= 0.6 is 0 Å². The van der Waals surface area contributed by atoms with Crippen LogP contribution in [0.2, 0.25) is 0 Å². The van der Waals surface area contributed by atoms with E-state index in [9.17, 15) is 4.79 Å². The molecule has 0 aromatic carbocycles. The monoisotopic (exact) mass is 199 g/mol. The van der Waals surface area contributed by atoms with Crippen LogP contribution in [0.5, 0.6) is 0 Å². The Morgan fingerprint density at radius 3 is 2.64 bits per heavy atom. The Morgan fingerprint density at radius 2 is 2.29 bits per heavy atom. The third-order valence-corrected chi connectivity index (χ3v) is 3.41. The van der Waals surface area contributed by atoms with Gasteiger partial charge in [-0.25, -0.2) is 0 Å². The maximum absolute atomic E-state index is 10.6. The fourth-order valence-corrected chi connectivity index (χ4v) is 2.56. The Bertz CT molecular complexity index is 213. The van der Waals surface area contributed by atoms with Gasteiger partial charge in [0.15, 0.2) is 0 Å². The molecule has 2 unspecified atom stereocenters. The van der Waals surface area contributed by atoms with E-state index in [1.807, 2.05) is 0 Å². The average Bonchev–Trinajstić information content (AvgIpc) is 2.41. The molecule has 1 saturated carbocycles. The van der Waals surface area contributed by atoms with Gasteiger partial charge in [0.1, 0.15) is 0 Å². The normalized spacial score (nSPS) is 27.5. The zero-order valence-electron chi connectivity index (χ0n) is 9.12. The molecule has 0 aromatic heterocycles. The highest BCUT2D eigenvalue weighted by Crippen LogP contribution is 2.44. The van der Waals surface area contributed by atoms with Crippen LogP contribution in [-0.2, 0) is 4.79 Å². The Hall–Kier alpha value is -0.570. The molecule has 1 fully saturated rings. The molecule has 0 spiro atoms. The van der Waals surface area contributed by atoms with Gasteiger partial charge in [0, 0.05) is 6.42 Å². The van der Waals surface area contributed by atoms with E-state index in [-0.39, 0.29) is 12.3 Å². The van der Waals surface area contributed by atoms with E-state index in [1.54, 1.807) is 0 Å². The molecule has 2 atom stereocenters. The van der Waals surface area contributed by atoms with Crippen molar-refractivity contribution in [3.05, 3.63) is 0 Å². The topological polar surface area (TPSA) is 63.3 Å². The summed E-state index contributed by atoms with van der Waals surface area (Å²) in [4.78, 5) is 10.6. The second-order valence-electron chi connectivity index (χ2n) is 5.26. The molecule has 0 bridgehead atoms. The van der Waals surface area contributed by atoms with Crippen molar-refractivity contribution in [2.75, 3.05) is 6.54 Å². The molecule has 14 heavy (non-hydrogen) atoms. The molecule has 3 nitrogen and oxygen atoms in total. The summed E-state index contributed by atoms with van der Waals surface area (Å²) in [7, 11) is 0. The second kappa shape index (κ2) is 4.30. The number of carboxylic acids is 1. The van der Waals surface area contributed by atoms with Crippen molar-refractivity contribution in [3.8, 4) is 0 Å². The molecule has 0 aliphatic heterocycles. The summed E-state index contributed by atoms with van der Waals surface area (Å²) >= 11 is 0. The molecule has 0 saturated heterocycles. The summed E-state index contributed by atoms with van der Waals surface area (Å²) in [5, 5.41) is 8.75. The highest BCUT2D eigenvalue weighted by atomic mass is 16.4. The van der Waals surface area contributed by atoms with Crippen molar-refractivity contribution < 1.29 is 9.90 Å². The molecule has 3 heteroatoms. The number of rotatable bonds is 4. The van der Waals surface area contributed by atoms with Gasteiger partial charge in [-0.1, -0.05) is 13.8 Å². The molecule has 1 rings (SSSR count). The lowest BCUT2D eigenvalue weighted by Crippen LogP contribution is -2.25. The minimum atomic E-state index is -0.717. The molecular weight excluding hydrogens is 178 g/mol. The van der Waals surface area contributed by atoms with Gasteiger partial charge < -0.3 is 10.8 Å². The second-order valence-corrected chi connectivity index (χ2v) is 5.26. The Labute approximate surface area is 85.7 Å². The van der Waals surface area contributed by atoms with Crippen LogP contribution in [0.1, 0.15) is 39.5 Å². The number of hydrogen-bond donors (Lipinski definition) is 2. The van der Waals surface area contributed by atoms with Crippen LogP contribution < -0.4 is 5.73 Å². The van der Waals surface area contributed by atoms with Crippen molar-refractivity contribution in [2.24, 2.45) is 23.0 Å². The Kier molecular flexibility index (Phi) is 3.53. The van der Waals surface area contributed by atoms with Crippen molar-refractivity contribution in [2.45, 2.75) is 39.5 Å². The largest absolute Gasteiger partial charge is 0.481 e. The molecule has 0 radical (unpaired) electrons. The van der Waals surface area contributed by atoms with Crippen LogP contribution in [0.3, 0.4) is 0 Å². The SMILES string of the molecule is CC1(C)CCC(C(CN)CC(=O)O)C1. The molecule has 1 aliphatic rings. The third kappa shape index (κ3) is 2.98. The summed E-state index contributed by atoms with van der Waals surface area (Å²) < 4.78 is 0. The molecular formula is C11H21NO2. The Balaban J connectivity index is 2.50. The Morgan fingerprint density at radius 1 is 1.64 bits per heavy atom. The maximum Gasteiger partial charge on any atom is 0.303 e. The van der Waals surface area contributed by atoms with Gasteiger partial charge in [0.25, 0.3) is 0 Å². The third-order valence-electron chi connectivity index (χ3n) is 3.41. The highest BCUT2D eigenvalue weighted by molar-refractivity contribution is 5.67. The van der Waals surface area contributed by atoms with Gasteiger partial charge in [0.05, 0.1) is 0 Å². The van der Waals surface area contributed by atoms with Crippen molar-refractivity contribution in [1.82, 2.24) is 0 Å². The summed E-state index contributed by atoms with van der Waals surface area (Å²) in [6.45, 7) is 5.01. The molecule has 0 aromatic rings. The minimum absolute atomic E-state index is 0.175. The average molecular weight is 199 g/mol. The first-order valence-electron chi connectivity index (χ1n) is 5.36. The number of carbonyl (C=O) groups is 1. The van der Waals surface area contributed by atoms with E-state index >= 15 is 0 Å². The lowest BCUT2D eigenvalue weighted by Gasteiger charge is -2.22. The van der Waals surface area contributed by atoms with E-state index in [0.29, 0.717) is 17.9 Å². The molecule has 1 aliphatic carbocycles. The zero-order chi connectivity index (χ0) is 10.8. The van der Waals surface area contributed by atoms with Crippen LogP contribution in [0.25, 0.3) is 0 Å². The molecule has 0 amide bonds. The van der Waals surface area contributed by atoms with Gasteiger partial charge in [-0.05, 0) is 43.1 Å². The summed E-state index contributed by atoms with van der Waals surface area (Å²) in [6.07, 6.45) is 3.70. The van der Waals surface area contributed by atoms with Crippen LogP contribution in [-0.4, -0.2) is 17.6 Å². The van der Waals surface area contributed by atoms with Gasteiger partial charge in [-0.15, -0.1) is 0 Å². The van der Waals surface area contributed by atoms with Crippen molar-refractivity contribution >= 4 is 5.97 Å². The highest BCUT2D eigenvalue weighted by Gasteiger charge is 2.35. The first-order valence-corrected chi connectivity index (χ1v) is 5.36. The number of hydrogen-bond acceptors (Lipinski definition) is 2. The molecule has 0 heterocycles. The zero-order valence-corrected chi connectivity index (χ0v) is 9.12. The van der Waals surface area contributed by atoms with Crippen LogP contribution in [0.4, 0.5) is 0 Å². The lowest BCUT2D eigenvalue weighted by molar-refractivity contribution is -0.138. The van der Waals surface area contributed by atoms with E-state index in [2.05, 4.69) is 13.8 Å². The van der Waals surface area contributed by atoms with E-state index in [1.165, 1.54) is 6.42 Å².